The molecule has 0 heterocycles. The summed E-state index contributed by atoms with van der Waals surface area (Å²) in [6, 6.07) is 9.99. The van der Waals surface area contributed by atoms with Crippen LogP contribution in [0.2, 0.25) is 0 Å². The van der Waals surface area contributed by atoms with Gasteiger partial charge in [0.2, 0.25) is 5.41 Å². The summed E-state index contributed by atoms with van der Waals surface area (Å²) in [6.45, 7) is 3.32. The summed E-state index contributed by atoms with van der Waals surface area (Å²) in [4.78, 5) is 24.2. The molecule has 0 radical (unpaired) electrons. The van der Waals surface area contributed by atoms with Crippen molar-refractivity contribution in [2.24, 2.45) is 0 Å². The lowest BCUT2D eigenvalue weighted by Gasteiger charge is -2.38. The van der Waals surface area contributed by atoms with Crippen molar-refractivity contribution >= 4 is 34.4 Å². The number of anilines is 4. The third-order valence-corrected chi connectivity index (χ3v) is 5.97. The predicted octanol–water partition coefficient (Wildman–Crippen LogP) is 6.15. The van der Waals surface area contributed by atoms with Gasteiger partial charge in [-0.1, -0.05) is 24.3 Å². The number of carbonyl (C=O) groups is 2. The molecule has 3 aromatic rings. The van der Waals surface area contributed by atoms with Crippen molar-refractivity contribution in [2.75, 3.05) is 28.6 Å². The van der Waals surface area contributed by atoms with Gasteiger partial charge in [0.05, 0.1) is 22.7 Å². The smallest absolute Gasteiger partial charge is 0.397 e. The number of hydrogen-bond donors (Lipinski definition) is 4. The highest BCUT2D eigenvalue weighted by molar-refractivity contribution is 6.07. The fraction of sp³-hybridized carbons (Fsp3) is 0.231. The number of alkyl halides is 6. The number of carbonyl (C=O) groups excluding carboxylic acids is 2. The fourth-order valence-corrected chi connectivity index (χ4v) is 4.11. The van der Waals surface area contributed by atoms with Gasteiger partial charge in [-0.15, -0.1) is 0 Å². The van der Waals surface area contributed by atoms with Crippen LogP contribution in [-0.2, 0) is 5.41 Å². The summed E-state index contributed by atoms with van der Waals surface area (Å²) < 4.78 is 86.9. The molecular formula is C26H24F6N4O2. The molecule has 0 saturated heterocycles. The van der Waals surface area contributed by atoms with E-state index in [0.29, 0.717) is 30.8 Å². The summed E-state index contributed by atoms with van der Waals surface area (Å²) in [5.74, 6) is -1.07. The Bertz CT molecular complexity index is 1350. The molecular weight excluding hydrogens is 514 g/mol. The number of Topliss-reactive ketones (excluding diaryl/α,β-unsaturated/α-hetero) is 1. The lowest BCUT2D eigenvalue weighted by Crippen LogP contribution is -2.54. The van der Waals surface area contributed by atoms with Gasteiger partial charge in [-0.2, -0.15) is 26.3 Å². The molecule has 1 amide bonds. The molecule has 0 aromatic heterocycles. The standard InChI is InChI=1S/C26H24F6N4O2/c1-3-35-21-9-7-17(12-19(21)33)24(25(27,28)29,26(30,31)32)18-8-10-22(20(34)13-18)36-23(38)16-6-4-5-15(11-16)14(2)37/h4-13,35H,3,33-34H2,1-2H3,(H,36,38). The van der Waals surface area contributed by atoms with Crippen LogP contribution in [0.25, 0.3) is 0 Å². The van der Waals surface area contributed by atoms with Crippen LogP contribution >= 0.6 is 0 Å². The number of halogens is 6. The molecule has 0 aliphatic rings. The molecule has 0 saturated carbocycles. The summed E-state index contributed by atoms with van der Waals surface area (Å²) in [6.07, 6.45) is -11.7. The highest BCUT2D eigenvalue weighted by atomic mass is 19.4. The number of amides is 1. The van der Waals surface area contributed by atoms with E-state index in [9.17, 15) is 35.9 Å². The van der Waals surface area contributed by atoms with Crippen molar-refractivity contribution in [2.45, 2.75) is 31.6 Å². The monoisotopic (exact) mass is 538 g/mol. The average molecular weight is 538 g/mol. The first-order chi connectivity index (χ1) is 17.6. The molecule has 0 bridgehead atoms. The zero-order valence-corrected chi connectivity index (χ0v) is 20.2. The molecule has 3 rings (SSSR count). The Kier molecular flexibility index (Phi) is 7.66. The quantitative estimate of drug-likeness (QED) is 0.164. The first-order valence-corrected chi connectivity index (χ1v) is 11.2. The van der Waals surface area contributed by atoms with E-state index in [2.05, 4.69) is 10.6 Å². The Hall–Kier alpha value is -4.22. The van der Waals surface area contributed by atoms with Gasteiger partial charge in [0, 0.05) is 17.7 Å². The van der Waals surface area contributed by atoms with Gasteiger partial charge in [-0.25, -0.2) is 0 Å². The predicted molar refractivity (Wildman–Crippen MR) is 133 cm³/mol. The summed E-state index contributed by atoms with van der Waals surface area (Å²) in [5.41, 5.74) is 4.21. The maximum Gasteiger partial charge on any atom is 0.411 e. The second kappa shape index (κ2) is 10.3. The van der Waals surface area contributed by atoms with Crippen LogP contribution in [0.4, 0.5) is 49.1 Å². The molecule has 0 aliphatic carbocycles. The number of rotatable bonds is 7. The number of nitrogens with one attached hydrogen (secondary N) is 2. The summed E-state index contributed by atoms with van der Waals surface area (Å²) in [5, 5.41) is 5.12. The van der Waals surface area contributed by atoms with Crippen molar-refractivity contribution in [1.82, 2.24) is 0 Å². The molecule has 0 aliphatic heterocycles. The van der Waals surface area contributed by atoms with Gasteiger partial charge < -0.3 is 22.1 Å². The Balaban J connectivity index is 2.12. The van der Waals surface area contributed by atoms with E-state index in [-0.39, 0.29) is 34.0 Å². The second-order valence-corrected chi connectivity index (χ2v) is 8.47. The van der Waals surface area contributed by atoms with Crippen LogP contribution in [0.1, 0.15) is 45.7 Å². The van der Waals surface area contributed by atoms with Crippen molar-refractivity contribution < 1.29 is 35.9 Å². The maximum absolute atomic E-state index is 14.5. The average Bonchev–Trinajstić information content (AvgIpc) is 2.81. The van der Waals surface area contributed by atoms with Gasteiger partial charge in [0.1, 0.15) is 0 Å². The van der Waals surface area contributed by atoms with Gasteiger partial charge in [-0.05, 0) is 61.4 Å². The molecule has 12 heteroatoms. The minimum absolute atomic E-state index is 0.0392. The molecule has 0 fully saturated rings. The zero-order valence-electron chi connectivity index (χ0n) is 20.2. The Morgan fingerprint density at radius 1 is 0.763 bits per heavy atom. The van der Waals surface area contributed by atoms with Gasteiger partial charge in [-0.3, -0.25) is 9.59 Å². The van der Waals surface area contributed by atoms with E-state index in [4.69, 9.17) is 11.5 Å². The SMILES string of the molecule is CCNc1ccc(C(c2ccc(NC(=O)c3cccc(C(C)=O)c3)c(N)c2)(C(F)(F)F)C(F)(F)F)cc1N. The molecule has 6 nitrogen and oxygen atoms in total. The minimum Gasteiger partial charge on any atom is -0.397 e. The second-order valence-electron chi connectivity index (χ2n) is 8.47. The third-order valence-electron chi connectivity index (χ3n) is 5.97. The summed E-state index contributed by atoms with van der Waals surface area (Å²) in [7, 11) is 0. The molecule has 6 N–H and O–H groups in total. The van der Waals surface area contributed by atoms with Crippen molar-refractivity contribution in [1.29, 1.82) is 0 Å². The van der Waals surface area contributed by atoms with E-state index >= 15 is 0 Å². The maximum atomic E-state index is 14.5. The van der Waals surface area contributed by atoms with E-state index in [1.807, 2.05) is 0 Å². The number of nitrogen functional groups attached to an aromatic ring is 2. The van der Waals surface area contributed by atoms with Gasteiger partial charge in [0.15, 0.2) is 5.78 Å². The largest absolute Gasteiger partial charge is 0.411 e. The molecule has 0 atom stereocenters. The van der Waals surface area contributed by atoms with E-state index < -0.39 is 40.5 Å². The molecule has 38 heavy (non-hydrogen) atoms. The molecule has 0 unspecified atom stereocenters. The van der Waals surface area contributed by atoms with Crippen molar-refractivity contribution in [3.05, 3.63) is 82.9 Å². The van der Waals surface area contributed by atoms with Gasteiger partial charge in [0.25, 0.3) is 5.91 Å². The van der Waals surface area contributed by atoms with Gasteiger partial charge >= 0.3 is 12.4 Å². The van der Waals surface area contributed by atoms with E-state index in [1.165, 1.54) is 31.2 Å². The molecule has 0 spiro atoms. The van der Waals surface area contributed by atoms with Crippen LogP contribution in [0.5, 0.6) is 0 Å². The normalized spacial score (nSPS) is 12.2. The van der Waals surface area contributed by atoms with Crippen LogP contribution in [-0.4, -0.2) is 30.6 Å². The van der Waals surface area contributed by atoms with E-state index in [1.54, 1.807) is 6.92 Å². The summed E-state index contributed by atoms with van der Waals surface area (Å²) >= 11 is 0. The third kappa shape index (κ3) is 5.11. The van der Waals surface area contributed by atoms with Crippen LogP contribution in [0.15, 0.2) is 60.7 Å². The van der Waals surface area contributed by atoms with Crippen LogP contribution in [0.3, 0.4) is 0 Å². The number of ketones is 1. The number of benzene rings is 3. The first kappa shape index (κ1) is 28.4. The Morgan fingerprint density at radius 2 is 1.26 bits per heavy atom. The lowest BCUT2D eigenvalue weighted by molar-refractivity contribution is -0.288. The molecule has 202 valence electrons. The topological polar surface area (TPSA) is 110 Å². The van der Waals surface area contributed by atoms with Crippen molar-refractivity contribution in [3.8, 4) is 0 Å². The zero-order chi connectivity index (χ0) is 28.5. The number of hydrogen-bond acceptors (Lipinski definition) is 5. The Labute approximate surface area is 214 Å². The highest BCUT2D eigenvalue weighted by Gasteiger charge is 2.72. The van der Waals surface area contributed by atoms with Crippen LogP contribution in [0, 0.1) is 0 Å². The highest BCUT2D eigenvalue weighted by Crippen LogP contribution is 2.57. The lowest BCUT2D eigenvalue weighted by atomic mass is 9.72. The molecule has 3 aromatic carbocycles. The van der Waals surface area contributed by atoms with Crippen LogP contribution < -0.4 is 22.1 Å². The van der Waals surface area contributed by atoms with E-state index in [0.717, 1.165) is 12.1 Å². The minimum atomic E-state index is -5.85. The Morgan fingerprint density at radius 3 is 1.71 bits per heavy atom. The first-order valence-electron chi connectivity index (χ1n) is 11.2. The fourth-order valence-electron chi connectivity index (χ4n) is 4.11. The van der Waals surface area contributed by atoms with Crippen molar-refractivity contribution in [3.63, 3.8) is 0 Å². The number of nitrogens with two attached hydrogens (primary N) is 2.